The summed E-state index contributed by atoms with van der Waals surface area (Å²) >= 11 is 0. The Bertz CT molecular complexity index is 1000. The van der Waals surface area contributed by atoms with E-state index in [4.69, 9.17) is 29.8 Å². The molecule has 0 spiro atoms. The van der Waals surface area contributed by atoms with Gasteiger partial charge in [0.15, 0.2) is 0 Å². The smallest absolute Gasteiger partial charge is 0.337 e. The van der Waals surface area contributed by atoms with E-state index in [2.05, 4.69) is 14.9 Å². The average Bonchev–Trinajstić information content (AvgIpc) is 2.90. The summed E-state index contributed by atoms with van der Waals surface area (Å²) in [6.07, 6.45) is 0. The first-order valence-corrected chi connectivity index (χ1v) is 11.4. The van der Waals surface area contributed by atoms with Crippen molar-refractivity contribution in [3.63, 3.8) is 0 Å². The van der Waals surface area contributed by atoms with Gasteiger partial charge in [0.2, 0.25) is 5.88 Å². The van der Waals surface area contributed by atoms with Crippen LogP contribution in [0.3, 0.4) is 0 Å². The number of anilines is 1. The fourth-order valence-electron chi connectivity index (χ4n) is 3.99. The molecule has 182 valence electrons. The molecule has 2 fully saturated rings. The van der Waals surface area contributed by atoms with Gasteiger partial charge in [0, 0.05) is 50.0 Å². The summed E-state index contributed by atoms with van der Waals surface area (Å²) in [6, 6.07) is 10.9. The van der Waals surface area contributed by atoms with Crippen molar-refractivity contribution in [2.75, 3.05) is 77.8 Å². The van der Waals surface area contributed by atoms with Crippen molar-refractivity contribution in [1.29, 1.82) is 0 Å². The van der Waals surface area contributed by atoms with Crippen LogP contribution < -0.4 is 15.5 Å². The Hall–Kier alpha value is -3.21. The first kappa shape index (κ1) is 23.9. The number of methoxy groups -OCH3 is 1. The molecule has 0 unspecified atom stereocenters. The zero-order valence-electron chi connectivity index (χ0n) is 19.4. The van der Waals surface area contributed by atoms with Crippen LogP contribution in [-0.2, 0) is 14.2 Å². The molecule has 2 aromatic rings. The topological polar surface area (TPSA) is 112 Å². The molecular formula is C24H31N5O5. The number of aromatic nitrogens is 1. The molecule has 2 aliphatic rings. The molecule has 0 saturated carbocycles. The Balaban J connectivity index is 1.60. The number of benzene rings is 1. The molecule has 3 heterocycles. The molecule has 4 rings (SSSR count). The summed E-state index contributed by atoms with van der Waals surface area (Å²) in [4.78, 5) is 21.3. The molecule has 2 N–H and O–H groups in total. The van der Waals surface area contributed by atoms with E-state index in [0.29, 0.717) is 48.2 Å². The number of pyridine rings is 1. The van der Waals surface area contributed by atoms with Crippen molar-refractivity contribution in [1.82, 2.24) is 9.88 Å². The van der Waals surface area contributed by atoms with Gasteiger partial charge in [-0.1, -0.05) is 12.1 Å². The standard InChI is InChI=1S/C24H31N5O5/c1-31-24(30)19-4-2-3-18(15-19)23(27-25)21-16-20(29-8-12-33-13-9-29)17-22(26-21)34-14-7-28-5-10-32-11-6-28/h2-4,15-17H,5-14,25H2,1H3. The SMILES string of the molecule is COC(=O)c1cccc(C(=NN)c2cc(N3CCOCC3)cc(OCCN3CCOCC3)n2)c1. The summed E-state index contributed by atoms with van der Waals surface area (Å²) in [5, 5.41) is 4.02. The van der Waals surface area contributed by atoms with Crippen LogP contribution in [0.1, 0.15) is 21.6 Å². The third-order valence-corrected chi connectivity index (χ3v) is 5.85. The highest BCUT2D eigenvalue weighted by Gasteiger charge is 2.19. The largest absolute Gasteiger partial charge is 0.476 e. The lowest BCUT2D eigenvalue weighted by Gasteiger charge is -2.29. The van der Waals surface area contributed by atoms with Gasteiger partial charge in [-0.25, -0.2) is 9.78 Å². The van der Waals surface area contributed by atoms with Crippen molar-refractivity contribution in [3.05, 3.63) is 53.2 Å². The minimum Gasteiger partial charge on any atom is -0.476 e. The van der Waals surface area contributed by atoms with E-state index in [1.54, 1.807) is 18.2 Å². The number of carbonyl (C=O) groups is 1. The number of nitrogens with two attached hydrogens (primary N) is 1. The highest BCUT2D eigenvalue weighted by molar-refractivity contribution is 6.12. The Morgan fingerprint density at radius 3 is 2.47 bits per heavy atom. The van der Waals surface area contributed by atoms with Crippen LogP contribution in [0.2, 0.25) is 0 Å². The van der Waals surface area contributed by atoms with E-state index >= 15 is 0 Å². The maximum atomic E-state index is 12.0. The summed E-state index contributed by atoms with van der Waals surface area (Å²) < 4.78 is 21.8. The van der Waals surface area contributed by atoms with Gasteiger partial charge in [-0.3, -0.25) is 4.90 Å². The van der Waals surface area contributed by atoms with Crippen LogP contribution in [0.4, 0.5) is 5.69 Å². The van der Waals surface area contributed by atoms with Gasteiger partial charge in [0.25, 0.3) is 0 Å². The number of esters is 1. The second-order valence-corrected chi connectivity index (χ2v) is 8.00. The molecule has 10 nitrogen and oxygen atoms in total. The Morgan fingerprint density at radius 1 is 1.06 bits per heavy atom. The van der Waals surface area contributed by atoms with Crippen molar-refractivity contribution in [2.24, 2.45) is 10.9 Å². The monoisotopic (exact) mass is 469 g/mol. The van der Waals surface area contributed by atoms with E-state index in [-0.39, 0.29) is 0 Å². The molecule has 0 amide bonds. The molecule has 2 saturated heterocycles. The van der Waals surface area contributed by atoms with Crippen LogP contribution in [0, 0.1) is 0 Å². The molecule has 10 heteroatoms. The third kappa shape index (κ3) is 6.02. The lowest BCUT2D eigenvalue weighted by Crippen LogP contribution is -2.38. The predicted molar refractivity (Wildman–Crippen MR) is 128 cm³/mol. The Morgan fingerprint density at radius 2 is 1.76 bits per heavy atom. The van der Waals surface area contributed by atoms with E-state index in [1.165, 1.54) is 7.11 Å². The molecule has 0 aliphatic carbocycles. The zero-order valence-corrected chi connectivity index (χ0v) is 19.4. The van der Waals surface area contributed by atoms with Crippen LogP contribution in [-0.4, -0.2) is 94.4 Å². The summed E-state index contributed by atoms with van der Waals surface area (Å²) in [5.41, 5.74) is 3.05. The quantitative estimate of drug-likeness (QED) is 0.263. The third-order valence-electron chi connectivity index (χ3n) is 5.85. The van der Waals surface area contributed by atoms with Gasteiger partial charge >= 0.3 is 5.97 Å². The minimum absolute atomic E-state index is 0.410. The fraction of sp³-hybridized carbons (Fsp3) is 0.458. The molecule has 0 bridgehead atoms. The molecule has 1 aromatic carbocycles. The highest BCUT2D eigenvalue weighted by Crippen LogP contribution is 2.24. The van der Waals surface area contributed by atoms with Crippen LogP contribution in [0.15, 0.2) is 41.5 Å². The summed E-state index contributed by atoms with van der Waals surface area (Å²) in [5.74, 6) is 5.88. The Labute approximate surface area is 199 Å². The number of rotatable bonds is 8. The first-order chi connectivity index (χ1) is 16.7. The number of carbonyl (C=O) groups excluding carboxylic acids is 1. The summed E-state index contributed by atoms with van der Waals surface area (Å²) in [7, 11) is 1.35. The zero-order chi connectivity index (χ0) is 23.8. The van der Waals surface area contributed by atoms with Gasteiger partial charge in [0.1, 0.15) is 12.3 Å². The minimum atomic E-state index is -0.430. The second-order valence-electron chi connectivity index (χ2n) is 8.00. The maximum Gasteiger partial charge on any atom is 0.337 e. The van der Waals surface area contributed by atoms with Crippen molar-refractivity contribution >= 4 is 17.4 Å². The van der Waals surface area contributed by atoms with Gasteiger partial charge in [-0.15, -0.1) is 0 Å². The molecule has 0 radical (unpaired) electrons. The fourth-order valence-corrected chi connectivity index (χ4v) is 3.99. The van der Waals surface area contributed by atoms with Crippen molar-refractivity contribution < 1.29 is 23.7 Å². The average molecular weight is 470 g/mol. The van der Waals surface area contributed by atoms with Crippen molar-refractivity contribution in [3.8, 4) is 5.88 Å². The number of hydrazone groups is 1. The normalized spacial score (nSPS) is 17.4. The lowest BCUT2D eigenvalue weighted by atomic mass is 10.0. The van der Waals surface area contributed by atoms with Gasteiger partial charge in [0.05, 0.1) is 44.8 Å². The highest BCUT2D eigenvalue weighted by atomic mass is 16.5. The Kier molecular flexibility index (Phi) is 8.29. The molecule has 1 aromatic heterocycles. The van der Waals surface area contributed by atoms with Crippen LogP contribution in [0.5, 0.6) is 5.88 Å². The molecule has 34 heavy (non-hydrogen) atoms. The number of ether oxygens (including phenoxy) is 4. The maximum absolute atomic E-state index is 12.0. The lowest BCUT2D eigenvalue weighted by molar-refractivity contribution is 0.0320. The molecule has 2 aliphatic heterocycles. The van der Waals surface area contributed by atoms with E-state index < -0.39 is 5.97 Å². The van der Waals surface area contributed by atoms with Gasteiger partial charge < -0.3 is 29.7 Å². The van der Waals surface area contributed by atoms with Crippen LogP contribution in [0.25, 0.3) is 0 Å². The first-order valence-electron chi connectivity index (χ1n) is 11.4. The molecule has 0 atom stereocenters. The summed E-state index contributed by atoms with van der Waals surface area (Å²) in [6.45, 7) is 7.44. The van der Waals surface area contributed by atoms with Crippen LogP contribution >= 0.6 is 0 Å². The van der Waals surface area contributed by atoms with E-state index in [9.17, 15) is 4.79 Å². The van der Waals surface area contributed by atoms with Gasteiger partial charge in [-0.05, 0) is 18.2 Å². The second kappa shape index (κ2) is 11.8. The predicted octanol–water partition coefficient (Wildman–Crippen LogP) is 1.13. The van der Waals surface area contributed by atoms with Gasteiger partial charge in [-0.2, -0.15) is 5.10 Å². The molecular weight excluding hydrogens is 438 g/mol. The number of morpholine rings is 2. The number of hydrogen-bond donors (Lipinski definition) is 1. The van der Waals surface area contributed by atoms with Crippen molar-refractivity contribution in [2.45, 2.75) is 0 Å². The number of hydrogen-bond acceptors (Lipinski definition) is 10. The van der Waals surface area contributed by atoms with E-state index in [0.717, 1.165) is 51.6 Å². The van der Waals surface area contributed by atoms with E-state index in [1.807, 2.05) is 18.2 Å². The number of nitrogens with zero attached hydrogens (tertiary/aromatic N) is 4.